The second-order valence-corrected chi connectivity index (χ2v) is 25.8. The number of aromatic nitrogens is 8. The van der Waals surface area contributed by atoms with Crippen LogP contribution in [0.1, 0.15) is 117 Å². The van der Waals surface area contributed by atoms with Crippen molar-refractivity contribution in [3.63, 3.8) is 0 Å². The summed E-state index contributed by atoms with van der Waals surface area (Å²) in [6.07, 6.45) is 3.61. The molecule has 11 aromatic rings. The predicted molar refractivity (Wildman–Crippen MR) is 373 cm³/mol. The topological polar surface area (TPSA) is 203 Å². The zero-order chi connectivity index (χ0) is 66.1. The van der Waals surface area contributed by atoms with Gasteiger partial charge < -0.3 is 21.1 Å². The van der Waals surface area contributed by atoms with Gasteiger partial charge in [0.1, 0.15) is 5.69 Å². The number of hydrogen-bond donors (Lipinski definition) is 5. The molecule has 0 saturated heterocycles. The average Bonchev–Trinajstić information content (AvgIpc) is 1.63. The number of amides is 3. The number of hydrogen-bond acceptors (Lipinski definition) is 12. The first kappa shape index (κ1) is 64.8. The Kier molecular flexibility index (Phi) is 20.1. The van der Waals surface area contributed by atoms with Crippen molar-refractivity contribution in [1.82, 2.24) is 75.1 Å². The molecule has 7 aromatic carbocycles. The predicted octanol–water partition coefficient (Wildman–Crippen LogP) is 9.63. The number of aryl methyl sites for hydroxylation is 2. The molecule has 0 aliphatic carbocycles. The Hall–Kier alpha value is -9.89. The van der Waals surface area contributed by atoms with Crippen LogP contribution in [0, 0.1) is 0 Å². The van der Waals surface area contributed by atoms with Gasteiger partial charge in [-0.1, -0.05) is 176 Å². The number of fused-ring (bicyclic) bond motifs is 6. The lowest BCUT2D eigenvalue weighted by Gasteiger charge is -2.38. The Morgan fingerprint density at radius 1 is 0.562 bits per heavy atom. The van der Waals surface area contributed by atoms with Crippen LogP contribution < -0.4 is 16.0 Å². The van der Waals surface area contributed by atoms with E-state index in [0.717, 1.165) is 139 Å². The molecule has 96 heavy (non-hydrogen) atoms. The van der Waals surface area contributed by atoms with Crippen LogP contribution in [0.4, 0.5) is 0 Å². The van der Waals surface area contributed by atoms with Crippen LogP contribution >= 0.6 is 0 Å². The van der Waals surface area contributed by atoms with Crippen molar-refractivity contribution in [1.29, 1.82) is 0 Å². The summed E-state index contributed by atoms with van der Waals surface area (Å²) < 4.78 is 5.43. The highest BCUT2D eigenvalue weighted by Gasteiger charge is 2.33. The number of nitrogens with one attached hydrogen (secondary N) is 4. The molecule has 4 aromatic heterocycles. The molecule has 4 aliphatic heterocycles. The van der Waals surface area contributed by atoms with Crippen LogP contribution in [0.15, 0.2) is 182 Å². The molecule has 2 atom stereocenters. The number of aliphatic hydroxyl groups is 1. The maximum Gasteiger partial charge on any atom is 0.272 e. The standard InChI is InChI=1S/C28H35N5O2.C26H26N4O.C23H24N6O/c1-20(21-8-4-3-5-9-21)29-28(35)27-25-19-32(13-12-26(25)33(30-27)14-15-34)18-24-16-22-10-6-7-11-23(22)17-31(24)2;1-29-24-14-15-30(17-21-12-7-11-20-10-5-6-13-22(20)21)18-23(24)25(28-29)26(31)27-16-19-8-3-2-4-9-19;1-28-22(23(30)24-13-16-7-3-2-4-8-16)18-14-29(12-11-20(18)27-28)15-21-17-9-5-6-10-19(17)25-26-21/h3-11,20,24,34H,12-19H2,1-2H3,(H,29,35);2-13H,14-18H2,1H3,(H,27,31);2-10H,11-15H2,1H3,(H,24,30)(H,25,26). The lowest BCUT2D eigenvalue weighted by atomic mass is 9.93. The third-order valence-corrected chi connectivity index (χ3v) is 19.3. The molecule has 0 spiro atoms. The van der Waals surface area contributed by atoms with Gasteiger partial charge in [-0.2, -0.15) is 20.4 Å². The van der Waals surface area contributed by atoms with Gasteiger partial charge in [-0.3, -0.25) is 53.1 Å². The molecule has 19 heteroatoms. The maximum absolute atomic E-state index is 13.3. The number of carbonyl (C=O) groups is 3. The largest absolute Gasteiger partial charge is 0.394 e. The Morgan fingerprint density at radius 2 is 1.16 bits per heavy atom. The minimum atomic E-state index is -0.153. The third kappa shape index (κ3) is 14.8. The molecule has 19 nitrogen and oxygen atoms in total. The first-order valence-electron chi connectivity index (χ1n) is 33.5. The van der Waals surface area contributed by atoms with Crippen LogP contribution in [-0.4, -0.2) is 128 Å². The van der Waals surface area contributed by atoms with Crippen LogP contribution in [0.2, 0.25) is 0 Å². The fourth-order valence-electron chi connectivity index (χ4n) is 14.2. The number of aromatic amines is 1. The number of para-hydroxylation sites is 1. The minimum Gasteiger partial charge on any atom is -0.394 e. The zero-order valence-electron chi connectivity index (χ0n) is 55.3. The zero-order valence-corrected chi connectivity index (χ0v) is 55.3. The number of H-pyrrole nitrogens is 1. The van der Waals surface area contributed by atoms with E-state index in [2.05, 4.69) is 141 Å². The first-order valence-corrected chi connectivity index (χ1v) is 33.5. The number of benzene rings is 7. The summed E-state index contributed by atoms with van der Waals surface area (Å²) >= 11 is 0. The fraction of sp³-hybridized carbons (Fsp3) is 0.312. The fourth-order valence-corrected chi connectivity index (χ4v) is 14.2. The molecule has 8 heterocycles. The van der Waals surface area contributed by atoms with Crippen LogP contribution in [-0.2, 0) is 98.7 Å². The molecule has 0 saturated carbocycles. The SMILES string of the molecule is CC(NC(=O)c1nn(CCO)c2c1CN(CC1Cc3ccccc3CN1C)CC2)c1ccccc1.Cn1nc(C(=O)NCc2ccccc2)c2c1CCN(Cc1cccc3ccccc13)C2.Cn1nc2c(c1C(=O)NCc1ccccc1)CN(Cc1[nH]nc3ccccc13)CC2. The lowest BCUT2D eigenvalue weighted by Crippen LogP contribution is -2.47. The molecular weight excluding hydrogens is 1200 g/mol. The molecule has 3 amide bonds. The Morgan fingerprint density at radius 3 is 1.92 bits per heavy atom. The summed E-state index contributed by atoms with van der Waals surface area (Å²) in [6.45, 7) is 11.9. The molecular formula is C77H85N15O4. The van der Waals surface area contributed by atoms with Crippen molar-refractivity contribution >= 4 is 39.4 Å². The summed E-state index contributed by atoms with van der Waals surface area (Å²) in [4.78, 5) is 48.9. The maximum atomic E-state index is 13.3. The molecule has 2 unspecified atom stereocenters. The second-order valence-electron chi connectivity index (χ2n) is 25.8. The molecule has 0 radical (unpaired) electrons. The molecule has 0 fully saturated rings. The minimum absolute atomic E-state index is 0.00554. The van der Waals surface area contributed by atoms with E-state index in [1.54, 1.807) is 4.68 Å². The molecule has 15 rings (SSSR count). The first-order chi connectivity index (χ1) is 46.9. The monoisotopic (exact) mass is 1280 g/mol. The Bertz CT molecular complexity index is 4500. The van der Waals surface area contributed by atoms with E-state index >= 15 is 0 Å². The molecule has 5 N–H and O–H groups in total. The van der Waals surface area contributed by atoms with Gasteiger partial charge in [-0.05, 0) is 70.6 Å². The Balaban J connectivity index is 0.000000131. The quantitative estimate of drug-likeness (QED) is 0.0579. The highest BCUT2D eigenvalue weighted by Crippen LogP contribution is 2.31. The average molecular weight is 1280 g/mol. The van der Waals surface area contributed by atoms with Crippen molar-refractivity contribution in [3.05, 3.63) is 272 Å². The van der Waals surface area contributed by atoms with Crippen molar-refractivity contribution in [3.8, 4) is 0 Å². The Labute approximate surface area is 560 Å². The molecule has 492 valence electrons. The second kappa shape index (κ2) is 29.8. The normalized spacial score (nSPS) is 15.8. The lowest BCUT2D eigenvalue weighted by molar-refractivity contribution is 0.0924. The van der Waals surface area contributed by atoms with E-state index in [9.17, 15) is 19.5 Å². The number of nitrogens with zero attached hydrogens (tertiary/aromatic N) is 11. The number of rotatable bonds is 17. The van der Waals surface area contributed by atoms with E-state index in [4.69, 9.17) is 0 Å². The van der Waals surface area contributed by atoms with E-state index < -0.39 is 0 Å². The smallest absolute Gasteiger partial charge is 0.272 e. The van der Waals surface area contributed by atoms with Gasteiger partial charge in [0, 0.05) is 151 Å². The van der Waals surface area contributed by atoms with Gasteiger partial charge in [0.15, 0.2) is 11.4 Å². The van der Waals surface area contributed by atoms with Crippen molar-refractivity contribution in [2.45, 2.75) is 104 Å². The summed E-state index contributed by atoms with van der Waals surface area (Å²) in [6, 6.07) is 62.1. The van der Waals surface area contributed by atoms with Gasteiger partial charge in [0.25, 0.3) is 17.7 Å². The summed E-state index contributed by atoms with van der Waals surface area (Å²) in [5.41, 5.74) is 17.5. The van der Waals surface area contributed by atoms with E-state index in [-0.39, 0.29) is 30.4 Å². The van der Waals surface area contributed by atoms with Crippen LogP contribution in [0.25, 0.3) is 21.7 Å². The summed E-state index contributed by atoms with van der Waals surface area (Å²) in [5.74, 6) is -0.337. The molecule has 0 bridgehead atoms. The highest BCUT2D eigenvalue weighted by molar-refractivity contribution is 5.95. The third-order valence-electron chi connectivity index (χ3n) is 19.3. The van der Waals surface area contributed by atoms with Gasteiger partial charge >= 0.3 is 0 Å². The van der Waals surface area contributed by atoms with Crippen LogP contribution in [0.5, 0.6) is 0 Å². The van der Waals surface area contributed by atoms with Gasteiger partial charge in [0.05, 0.1) is 36.1 Å². The van der Waals surface area contributed by atoms with Crippen molar-refractivity contribution in [2.24, 2.45) is 14.1 Å². The number of carbonyl (C=O) groups excluding carboxylic acids is 3. The van der Waals surface area contributed by atoms with Crippen molar-refractivity contribution in [2.75, 3.05) is 39.8 Å². The van der Waals surface area contributed by atoms with Crippen molar-refractivity contribution < 1.29 is 19.5 Å². The highest BCUT2D eigenvalue weighted by atomic mass is 16.3. The van der Waals surface area contributed by atoms with E-state index in [0.29, 0.717) is 55.8 Å². The molecule has 4 aliphatic rings. The summed E-state index contributed by atoms with van der Waals surface area (Å²) in [5, 5.41) is 43.9. The summed E-state index contributed by atoms with van der Waals surface area (Å²) in [7, 11) is 5.99. The van der Waals surface area contributed by atoms with Crippen LogP contribution in [0.3, 0.4) is 0 Å². The van der Waals surface area contributed by atoms with E-state index in [1.807, 2.05) is 140 Å². The number of aliphatic hydroxyl groups excluding tert-OH is 1. The van der Waals surface area contributed by atoms with E-state index in [1.165, 1.54) is 33.2 Å². The van der Waals surface area contributed by atoms with Gasteiger partial charge in [-0.15, -0.1) is 0 Å². The van der Waals surface area contributed by atoms with Gasteiger partial charge in [-0.25, -0.2) is 0 Å². The van der Waals surface area contributed by atoms with Gasteiger partial charge in [0.2, 0.25) is 0 Å². The number of likely N-dealkylation sites (N-methyl/N-ethyl adjacent to an activating group) is 1.